The molecule has 136 valence electrons. The van der Waals surface area contributed by atoms with E-state index in [1.165, 1.54) is 0 Å². The minimum Gasteiger partial charge on any atom is -0.496 e. The number of benzene rings is 3. The Morgan fingerprint density at radius 3 is 2.26 bits per heavy atom. The molecule has 0 N–H and O–H groups in total. The molecular weight excluding hydrogens is 340 g/mol. The van der Waals surface area contributed by atoms with Crippen LogP contribution in [0.1, 0.15) is 27.6 Å². The third-order valence-corrected chi connectivity index (χ3v) is 4.57. The average Bonchev–Trinajstić information content (AvgIpc) is 3.54. The van der Waals surface area contributed by atoms with Gasteiger partial charge in [-0.1, -0.05) is 66.7 Å². The van der Waals surface area contributed by atoms with Crippen molar-refractivity contribution < 1.29 is 19.0 Å². The highest BCUT2D eigenvalue weighted by atomic mass is 16.6. The summed E-state index contributed by atoms with van der Waals surface area (Å²) in [5, 5.41) is 0. The summed E-state index contributed by atoms with van der Waals surface area (Å²) in [4.78, 5) is 13.1. The van der Waals surface area contributed by atoms with Gasteiger partial charge in [-0.15, -0.1) is 0 Å². The van der Waals surface area contributed by atoms with E-state index in [0.717, 1.165) is 11.1 Å². The lowest BCUT2D eigenvalue weighted by molar-refractivity contribution is 0.0946. The van der Waals surface area contributed by atoms with Gasteiger partial charge in [0, 0.05) is 0 Å². The quantitative estimate of drug-likeness (QED) is 0.456. The topological polar surface area (TPSA) is 48.1 Å². The molecule has 0 spiro atoms. The Hall–Kier alpha value is -3.11. The Morgan fingerprint density at radius 2 is 1.56 bits per heavy atom. The molecule has 1 aliphatic rings. The summed E-state index contributed by atoms with van der Waals surface area (Å²) in [5.74, 6) is 0.878. The number of carbonyl (C=O) groups excluding carboxylic acids is 1. The van der Waals surface area contributed by atoms with Gasteiger partial charge in [0.1, 0.15) is 29.8 Å². The highest BCUT2D eigenvalue weighted by molar-refractivity contribution is 6.06. The zero-order valence-electron chi connectivity index (χ0n) is 15.0. The van der Waals surface area contributed by atoms with Crippen LogP contribution < -0.4 is 9.47 Å². The lowest BCUT2D eigenvalue weighted by atomic mass is 10.0. The third-order valence-electron chi connectivity index (χ3n) is 4.57. The fraction of sp³-hybridized carbons (Fsp3) is 0.174. The van der Waals surface area contributed by atoms with Crippen LogP contribution in [0, 0.1) is 0 Å². The van der Waals surface area contributed by atoms with Gasteiger partial charge in [-0.05, 0) is 23.3 Å². The molecule has 27 heavy (non-hydrogen) atoms. The molecule has 0 bridgehead atoms. The van der Waals surface area contributed by atoms with Crippen LogP contribution in [-0.4, -0.2) is 19.0 Å². The van der Waals surface area contributed by atoms with Crippen LogP contribution in [0.25, 0.3) is 0 Å². The van der Waals surface area contributed by atoms with Crippen molar-refractivity contribution in [2.75, 3.05) is 7.11 Å². The maximum absolute atomic E-state index is 13.1. The van der Waals surface area contributed by atoms with Gasteiger partial charge < -0.3 is 14.2 Å². The normalized spacial score (nSPS) is 18.0. The van der Waals surface area contributed by atoms with Crippen molar-refractivity contribution in [3.8, 4) is 11.5 Å². The second kappa shape index (κ2) is 7.64. The molecule has 0 aliphatic carbocycles. The van der Waals surface area contributed by atoms with Crippen LogP contribution in [-0.2, 0) is 11.3 Å². The highest BCUT2D eigenvalue weighted by Gasteiger charge is 2.47. The van der Waals surface area contributed by atoms with Crippen molar-refractivity contribution >= 4 is 5.78 Å². The molecule has 4 rings (SSSR count). The Kier molecular flexibility index (Phi) is 4.90. The number of epoxide rings is 1. The maximum atomic E-state index is 13.1. The van der Waals surface area contributed by atoms with E-state index < -0.39 is 6.10 Å². The van der Waals surface area contributed by atoms with E-state index in [9.17, 15) is 4.79 Å². The van der Waals surface area contributed by atoms with Crippen LogP contribution in [0.4, 0.5) is 0 Å². The van der Waals surface area contributed by atoms with Gasteiger partial charge in [0.15, 0.2) is 6.10 Å². The van der Waals surface area contributed by atoms with Crippen molar-refractivity contribution in [1.29, 1.82) is 0 Å². The zero-order chi connectivity index (χ0) is 18.6. The van der Waals surface area contributed by atoms with Crippen LogP contribution in [0.3, 0.4) is 0 Å². The largest absolute Gasteiger partial charge is 0.496 e. The van der Waals surface area contributed by atoms with E-state index in [4.69, 9.17) is 14.2 Å². The molecule has 4 nitrogen and oxygen atoms in total. The molecule has 1 heterocycles. The number of ketones is 1. The molecule has 2 atom stereocenters. The van der Waals surface area contributed by atoms with E-state index in [2.05, 4.69) is 0 Å². The second-order valence-electron chi connectivity index (χ2n) is 6.36. The van der Waals surface area contributed by atoms with E-state index in [1.54, 1.807) is 19.2 Å². The first-order valence-electron chi connectivity index (χ1n) is 8.86. The standard InChI is InChI=1S/C23H20O4/c1-25-18-13-8-14-19(26-15-16-9-4-2-5-10-16)20(18)21(24)23-22(27-23)17-11-6-3-7-12-17/h2-14,22-23H,15H2,1H3/t22-,23-/m0/s1. The van der Waals surface area contributed by atoms with E-state index in [0.29, 0.717) is 23.7 Å². The van der Waals surface area contributed by atoms with Crippen molar-refractivity contribution in [3.63, 3.8) is 0 Å². The number of rotatable bonds is 7. The summed E-state index contributed by atoms with van der Waals surface area (Å²) in [5.41, 5.74) is 2.46. The smallest absolute Gasteiger partial charge is 0.202 e. The highest BCUT2D eigenvalue weighted by Crippen LogP contribution is 2.43. The lowest BCUT2D eigenvalue weighted by Crippen LogP contribution is -2.12. The van der Waals surface area contributed by atoms with Crippen molar-refractivity contribution in [3.05, 3.63) is 95.6 Å². The molecule has 1 aliphatic heterocycles. The SMILES string of the molecule is COc1cccc(OCc2ccccc2)c1C(=O)[C@@H]1O[C@H]1c1ccccc1. The number of Topliss-reactive ketones (excluding diaryl/α,β-unsaturated/α-hetero) is 1. The molecule has 0 radical (unpaired) electrons. The predicted molar refractivity (Wildman–Crippen MR) is 102 cm³/mol. The van der Waals surface area contributed by atoms with Crippen LogP contribution in [0.2, 0.25) is 0 Å². The van der Waals surface area contributed by atoms with E-state index in [-0.39, 0.29) is 11.9 Å². The van der Waals surface area contributed by atoms with Crippen LogP contribution >= 0.6 is 0 Å². The van der Waals surface area contributed by atoms with E-state index >= 15 is 0 Å². The lowest BCUT2D eigenvalue weighted by Gasteiger charge is -2.13. The van der Waals surface area contributed by atoms with Crippen molar-refractivity contribution in [2.45, 2.75) is 18.8 Å². The monoisotopic (exact) mass is 360 g/mol. The first-order chi connectivity index (χ1) is 13.3. The van der Waals surface area contributed by atoms with Crippen molar-refractivity contribution in [2.24, 2.45) is 0 Å². The summed E-state index contributed by atoms with van der Waals surface area (Å²) < 4.78 is 17.0. The van der Waals surface area contributed by atoms with Gasteiger partial charge in [0.2, 0.25) is 5.78 Å². The summed E-state index contributed by atoms with van der Waals surface area (Å²) in [6.45, 7) is 0.377. The molecule has 0 unspecified atom stereocenters. The first kappa shape index (κ1) is 17.3. The minimum absolute atomic E-state index is 0.121. The molecule has 0 aromatic heterocycles. The molecule has 0 saturated carbocycles. The maximum Gasteiger partial charge on any atom is 0.202 e. The summed E-state index contributed by atoms with van der Waals surface area (Å²) in [7, 11) is 1.55. The van der Waals surface area contributed by atoms with Crippen LogP contribution in [0.5, 0.6) is 11.5 Å². The zero-order valence-corrected chi connectivity index (χ0v) is 15.0. The fourth-order valence-electron chi connectivity index (χ4n) is 3.13. The number of hydrogen-bond acceptors (Lipinski definition) is 4. The third kappa shape index (κ3) is 3.71. The summed E-state index contributed by atoms with van der Waals surface area (Å²) >= 11 is 0. The van der Waals surface area contributed by atoms with Gasteiger partial charge in [0.25, 0.3) is 0 Å². The Morgan fingerprint density at radius 1 is 0.889 bits per heavy atom. The molecule has 3 aromatic rings. The van der Waals surface area contributed by atoms with Gasteiger partial charge in [-0.25, -0.2) is 0 Å². The molecule has 0 amide bonds. The Labute approximate surface area is 158 Å². The van der Waals surface area contributed by atoms with Crippen LogP contribution in [0.15, 0.2) is 78.9 Å². The van der Waals surface area contributed by atoms with Crippen molar-refractivity contribution in [1.82, 2.24) is 0 Å². The summed E-state index contributed by atoms with van der Waals surface area (Å²) in [6.07, 6.45) is -0.728. The molecule has 1 fully saturated rings. The predicted octanol–water partition coefficient (Wildman–Crippen LogP) is 4.60. The Balaban J connectivity index is 1.57. The van der Waals surface area contributed by atoms with Gasteiger partial charge in [0.05, 0.1) is 7.11 Å². The average molecular weight is 360 g/mol. The summed E-state index contributed by atoms with van der Waals surface area (Å²) in [6, 6.07) is 25.0. The van der Waals surface area contributed by atoms with Gasteiger partial charge in [-0.3, -0.25) is 4.79 Å². The first-order valence-corrected chi connectivity index (χ1v) is 8.86. The molecule has 1 saturated heterocycles. The molecular formula is C23H20O4. The second-order valence-corrected chi connectivity index (χ2v) is 6.36. The van der Waals surface area contributed by atoms with Gasteiger partial charge in [-0.2, -0.15) is 0 Å². The number of methoxy groups -OCH3 is 1. The Bertz CT molecular complexity index is 922. The minimum atomic E-state index is -0.511. The molecule has 4 heteroatoms. The number of carbonyl (C=O) groups is 1. The number of hydrogen-bond donors (Lipinski definition) is 0. The fourth-order valence-corrected chi connectivity index (χ4v) is 3.13. The van der Waals surface area contributed by atoms with Gasteiger partial charge >= 0.3 is 0 Å². The van der Waals surface area contributed by atoms with E-state index in [1.807, 2.05) is 66.7 Å². The molecule has 3 aromatic carbocycles. The number of ether oxygens (including phenoxy) is 3.